The van der Waals surface area contributed by atoms with E-state index in [2.05, 4.69) is 10.0 Å². The maximum absolute atomic E-state index is 12.8. The molecule has 27 heavy (non-hydrogen) atoms. The van der Waals surface area contributed by atoms with E-state index in [1.165, 1.54) is 17.0 Å². The fraction of sp³-hybridized carbons (Fsp3) is 0.176. The van der Waals surface area contributed by atoms with Crippen LogP contribution < -0.4 is 10.0 Å². The van der Waals surface area contributed by atoms with Gasteiger partial charge in [-0.25, -0.2) is 8.42 Å². The Kier molecular flexibility index (Phi) is 5.36. The molecule has 2 aromatic carbocycles. The number of anilines is 2. The van der Waals surface area contributed by atoms with E-state index in [1.54, 1.807) is 38.4 Å². The molecule has 0 spiro atoms. The largest absolute Gasteiger partial charge is 0.339 e. The van der Waals surface area contributed by atoms with Crippen LogP contribution in [0.25, 0.3) is 0 Å². The molecular formula is C17H16ClN3O4S2. The second-order valence-electron chi connectivity index (χ2n) is 6.06. The van der Waals surface area contributed by atoms with Gasteiger partial charge in [-0.1, -0.05) is 17.7 Å². The van der Waals surface area contributed by atoms with E-state index in [0.29, 0.717) is 21.8 Å². The summed E-state index contributed by atoms with van der Waals surface area (Å²) in [7, 11) is -0.698. The number of rotatable bonds is 4. The van der Waals surface area contributed by atoms with Crippen molar-refractivity contribution in [2.45, 2.75) is 16.2 Å². The molecule has 142 valence electrons. The Hall–Kier alpha value is -2.23. The monoisotopic (exact) mass is 425 g/mol. The summed E-state index contributed by atoms with van der Waals surface area (Å²) in [6, 6.07) is 9.33. The molecule has 3 rings (SSSR count). The van der Waals surface area contributed by atoms with Crippen LogP contribution in [0.3, 0.4) is 0 Å². The van der Waals surface area contributed by atoms with Gasteiger partial charge in [-0.3, -0.25) is 14.3 Å². The van der Waals surface area contributed by atoms with Gasteiger partial charge in [0.05, 0.1) is 11.4 Å². The molecule has 2 aromatic rings. The van der Waals surface area contributed by atoms with Gasteiger partial charge in [-0.15, -0.1) is 0 Å². The lowest BCUT2D eigenvalue weighted by atomic mass is 10.2. The van der Waals surface area contributed by atoms with Crippen LogP contribution in [0.1, 0.15) is 5.56 Å². The van der Waals surface area contributed by atoms with E-state index in [-0.39, 0.29) is 27.5 Å². The molecule has 0 aromatic heterocycles. The molecular weight excluding hydrogens is 410 g/mol. The van der Waals surface area contributed by atoms with Crippen molar-refractivity contribution < 1.29 is 18.0 Å². The molecule has 10 heteroatoms. The second-order valence-corrected chi connectivity index (χ2v) is 9.14. The number of sulfonamides is 1. The number of nitrogens with one attached hydrogen (secondary N) is 2. The van der Waals surface area contributed by atoms with E-state index in [9.17, 15) is 18.0 Å². The first-order chi connectivity index (χ1) is 12.7. The molecule has 1 aliphatic rings. The zero-order valence-corrected chi connectivity index (χ0v) is 16.8. The quantitative estimate of drug-likeness (QED) is 0.732. The number of fused-ring (bicyclic) bond motifs is 1. The average molecular weight is 426 g/mol. The molecule has 2 N–H and O–H groups in total. The van der Waals surface area contributed by atoms with Crippen LogP contribution in [0.4, 0.5) is 16.2 Å². The van der Waals surface area contributed by atoms with Crippen LogP contribution in [0, 0.1) is 0 Å². The molecule has 0 unspecified atom stereocenters. The van der Waals surface area contributed by atoms with Crippen molar-refractivity contribution in [2.75, 3.05) is 24.1 Å². The predicted molar refractivity (Wildman–Crippen MR) is 106 cm³/mol. The van der Waals surface area contributed by atoms with E-state index < -0.39 is 10.0 Å². The Bertz CT molecular complexity index is 1040. The first kappa shape index (κ1) is 19.5. The highest BCUT2D eigenvalue weighted by molar-refractivity contribution is 8.13. The summed E-state index contributed by atoms with van der Waals surface area (Å²) in [4.78, 5) is 25.2. The Morgan fingerprint density at radius 1 is 1.26 bits per heavy atom. The van der Waals surface area contributed by atoms with Crippen molar-refractivity contribution in [1.29, 1.82) is 0 Å². The molecule has 0 fully saturated rings. The molecule has 2 amide bonds. The molecule has 0 bridgehead atoms. The van der Waals surface area contributed by atoms with Crippen LogP contribution in [0.2, 0.25) is 5.02 Å². The number of benzene rings is 2. The summed E-state index contributed by atoms with van der Waals surface area (Å²) in [5.41, 5.74) is 1.40. The molecule has 1 aliphatic heterocycles. The molecule has 0 saturated carbocycles. The van der Waals surface area contributed by atoms with Crippen molar-refractivity contribution in [1.82, 2.24) is 4.90 Å². The number of halogens is 1. The summed E-state index contributed by atoms with van der Waals surface area (Å²) in [5, 5.41) is 2.46. The van der Waals surface area contributed by atoms with E-state index >= 15 is 0 Å². The summed E-state index contributed by atoms with van der Waals surface area (Å²) in [6.45, 7) is 0. The van der Waals surface area contributed by atoms with E-state index in [0.717, 1.165) is 11.8 Å². The third-order valence-electron chi connectivity index (χ3n) is 3.73. The molecule has 7 nitrogen and oxygen atoms in total. The lowest BCUT2D eigenvalue weighted by Gasteiger charge is -2.13. The van der Waals surface area contributed by atoms with Crippen molar-refractivity contribution in [2.24, 2.45) is 0 Å². The van der Waals surface area contributed by atoms with Crippen molar-refractivity contribution in [3.05, 3.63) is 47.0 Å². The van der Waals surface area contributed by atoms with Crippen LogP contribution in [0.5, 0.6) is 0 Å². The highest BCUT2D eigenvalue weighted by atomic mass is 35.5. The number of thioether (sulfide) groups is 1. The molecule has 1 heterocycles. The number of carbonyl (C=O) groups is 2. The van der Waals surface area contributed by atoms with Crippen LogP contribution in [-0.2, 0) is 21.2 Å². The van der Waals surface area contributed by atoms with Gasteiger partial charge in [-0.05, 0) is 47.7 Å². The lowest BCUT2D eigenvalue weighted by molar-refractivity contribution is -0.115. The Morgan fingerprint density at radius 2 is 2.00 bits per heavy atom. The second kappa shape index (κ2) is 7.41. The fourth-order valence-electron chi connectivity index (χ4n) is 2.46. The third-order valence-corrected chi connectivity index (χ3v) is 6.60. The van der Waals surface area contributed by atoms with Gasteiger partial charge >= 0.3 is 0 Å². The average Bonchev–Trinajstić information content (AvgIpc) is 2.92. The Balaban J connectivity index is 1.87. The first-order valence-corrected chi connectivity index (χ1v) is 10.5. The van der Waals surface area contributed by atoms with Crippen LogP contribution in [-0.4, -0.2) is 38.6 Å². The summed E-state index contributed by atoms with van der Waals surface area (Å²) >= 11 is 7.10. The van der Waals surface area contributed by atoms with Crippen LogP contribution in [0.15, 0.2) is 46.2 Å². The topological polar surface area (TPSA) is 95.6 Å². The van der Waals surface area contributed by atoms with Gasteiger partial charge in [0.25, 0.3) is 15.3 Å². The SMILES string of the molecule is CN(C)C(=O)Sc1cccc(NS(=O)(=O)c2cc3c(cc2Cl)NC(=O)C3)c1. The molecule has 0 radical (unpaired) electrons. The Labute approximate surface area is 166 Å². The summed E-state index contributed by atoms with van der Waals surface area (Å²) < 4.78 is 28.0. The van der Waals surface area contributed by atoms with Crippen molar-refractivity contribution in [3.8, 4) is 0 Å². The lowest BCUT2D eigenvalue weighted by Crippen LogP contribution is -2.16. The third kappa shape index (κ3) is 4.37. The molecule has 0 atom stereocenters. The van der Waals surface area contributed by atoms with Crippen molar-refractivity contribution >= 4 is 55.9 Å². The molecule has 0 saturated heterocycles. The van der Waals surface area contributed by atoms with Crippen molar-refractivity contribution in [3.63, 3.8) is 0 Å². The highest BCUT2D eigenvalue weighted by Crippen LogP contribution is 2.33. The van der Waals surface area contributed by atoms with Gasteiger partial charge in [0.1, 0.15) is 4.90 Å². The maximum Gasteiger partial charge on any atom is 0.285 e. The minimum Gasteiger partial charge on any atom is -0.339 e. The minimum atomic E-state index is -3.97. The normalized spacial score (nSPS) is 13.1. The van der Waals surface area contributed by atoms with Gasteiger partial charge in [0.2, 0.25) is 5.91 Å². The number of carbonyl (C=O) groups excluding carboxylic acids is 2. The number of hydrogen-bond acceptors (Lipinski definition) is 5. The fourth-order valence-corrected chi connectivity index (χ4v) is 4.80. The Morgan fingerprint density at radius 3 is 2.70 bits per heavy atom. The number of hydrogen-bond donors (Lipinski definition) is 2. The number of amides is 2. The summed E-state index contributed by atoms with van der Waals surface area (Å²) in [6.07, 6.45) is 0.105. The van der Waals surface area contributed by atoms with E-state index in [4.69, 9.17) is 11.6 Å². The minimum absolute atomic E-state index is 0.0109. The summed E-state index contributed by atoms with van der Waals surface area (Å²) in [5.74, 6) is -0.209. The highest BCUT2D eigenvalue weighted by Gasteiger charge is 2.25. The van der Waals surface area contributed by atoms with Gasteiger partial charge in [0.15, 0.2) is 0 Å². The van der Waals surface area contributed by atoms with Crippen LogP contribution >= 0.6 is 23.4 Å². The van der Waals surface area contributed by atoms with Gasteiger partial charge in [-0.2, -0.15) is 0 Å². The number of nitrogens with zero attached hydrogens (tertiary/aromatic N) is 1. The zero-order chi connectivity index (χ0) is 19.8. The standard InChI is InChI=1S/C17H16ClN3O4S2/c1-21(2)17(23)26-12-5-3-4-11(8-12)20-27(24,25)15-6-10-7-16(22)19-14(10)9-13(15)18/h3-6,8-9,20H,7H2,1-2H3,(H,19,22). The first-order valence-electron chi connectivity index (χ1n) is 7.80. The van der Waals surface area contributed by atoms with E-state index in [1.807, 2.05) is 0 Å². The van der Waals surface area contributed by atoms with Gasteiger partial charge < -0.3 is 10.2 Å². The maximum atomic E-state index is 12.8. The zero-order valence-electron chi connectivity index (χ0n) is 14.4. The predicted octanol–water partition coefficient (Wildman–Crippen LogP) is 3.41. The van der Waals surface area contributed by atoms with Gasteiger partial charge in [0, 0.05) is 30.4 Å². The molecule has 0 aliphatic carbocycles. The smallest absolute Gasteiger partial charge is 0.285 e.